The van der Waals surface area contributed by atoms with Gasteiger partial charge < -0.3 is 20.3 Å². The van der Waals surface area contributed by atoms with E-state index >= 15 is 0 Å². The Labute approximate surface area is 165 Å². The zero-order valence-electron chi connectivity index (χ0n) is 16.5. The molecule has 7 heteroatoms. The summed E-state index contributed by atoms with van der Waals surface area (Å²) < 4.78 is 4.84. The third-order valence-electron chi connectivity index (χ3n) is 5.00. The number of carbonyl (C=O) groups is 3. The van der Waals surface area contributed by atoms with Crippen molar-refractivity contribution in [2.45, 2.75) is 57.9 Å². The predicted octanol–water partition coefficient (Wildman–Crippen LogP) is 2.85. The van der Waals surface area contributed by atoms with Gasteiger partial charge >= 0.3 is 5.97 Å². The first-order valence-electron chi connectivity index (χ1n) is 10.2. The Morgan fingerprint density at radius 1 is 1.11 bits per heavy atom. The number of nitrogens with zero attached hydrogens (tertiary/aromatic N) is 1. The molecule has 1 saturated carbocycles. The van der Waals surface area contributed by atoms with E-state index in [1.54, 1.807) is 13.0 Å². The molecule has 1 aliphatic heterocycles. The lowest BCUT2D eigenvalue weighted by Crippen LogP contribution is -2.33. The molecule has 0 radical (unpaired) electrons. The van der Waals surface area contributed by atoms with Crippen molar-refractivity contribution in [3.8, 4) is 0 Å². The van der Waals surface area contributed by atoms with Gasteiger partial charge in [0, 0.05) is 36.9 Å². The second-order valence-corrected chi connectivity index (χ2v) is 7.38. The first kappa shape index (κ1) is 20.2. The summed E-state index contributed by atoms with van der Waals surface area (Å²) in [6.07, 6.45) is 5.60. The van der Waals surface area contributed by atoms with E-state index in [0.29, 0.717) is 17.9 Å². The molecular formula is C21H29N3O4. The van der Waals surface area contributed by atoms with Crippen LogP contribution in [0.4, 0.5) is 11.4 Å². The molecule has 2 fully saturated rings. The number of hydrogen-bond donors (Lipinski definition) is 2. The van der Waals surface area contributed by atoms with Gasteiger partial charge in [-0.3, -0.25) is 14.4 Å². The van der Waals surface area contributed by atoms with Gasteiger partial charge in [0.1, 0.15) is 0 Å². The molecular weight excluding hydrogens is 358 g/mol. The minimum Gasteiger partial charge on any atom is -0.466 e. The maximum Gasteiger partial charge on any atom is 0.306 e. The summed E-state index contributed by atoms with van der Waals surface area (Å²) in [5, 5.41) is 5.83. The number of carbonyl (C=O) groups excluding carboxylic acids is 3. The Balaban J connectivity index is 1.70. The van der Waals surface area contributed by atoms with E-state index in [-0.39, 0.29) is 36.7 Å². The van der Waals surface area contributed by atoms with Crippen molar-refractivity contribution in [1.82, 2.24) is 5.32 Å². The highest BCUT2D eigenvalue weighted by Gasteiger charge is 2.26. The zero-order valence-corrected chi connectivity index (χ0v) is 16.5. The molecule has 0 unspecified atom stereocenters. The third kappa shape index (κ3) is 5.71. The lowest BCUT2D eigenvalue weighted by molar-refractivity contribution is -0.144. The van der Waals surface area contributed by atoms with Gasteiger partial charge in [0.05, 0.1) is 18.6 Å². The molecule has 0 aromatic heterocycles. The molecule has 1 aromatic carbocycles. The van der Waals surface area contributed by atoms with Crippen LogP contribution in [0.15, 0.2) is 18.2 Å². The van der Waals surface area contributed by atoms with E-state index in [0.717, 1.165) is 44.5 Å². The van der Waals surface area contributed by atoms with Gasteiger partial charge in [-0.25, -0.2) is 0 Å². The van der Waals surface area contributed by atoms with E-state index < -0.39 is 0 Å². The van der Waals surface area contributed by atoms with Crippen LogP contribution in [0.2, 0.25) is 0 Å². The summed E-state index contributed by atoms with van der Waals surface area (Å²) in [5.74, 6) is -0.749. The van der Waals surface area contributed by atoms with Gasteiger partial charge in [0.25, 0.3) is 5.91 Å². The van der Waals surface area contributed by atoms with Gasteiger partial charge in [-0.15, -0.1) is 0 Å². The third-order valence-corrected chi connectivity index (χ3v) is 5.00. The van der Waals surface area contributed by atoms with Crippen LogP contribution in [0.1, 0.15) is 62.2 Å². The number of anilines is 2. The van der Waals surface area contributed by atoms with Crippen LogP contribution in [0.5, 0.6) is 0 Å². The number of ether oxygens (including phenoxy) is 1. The molecule has 152 valence electrons. The molecule has 2 aliphatic rings. The summed E-state index contributed by atoms with van der Waals surface area (Å²) in [6.45, 7) is 3.91. The SMILES string of the molecule is CCOC(=O)CCC(=O)Nc1ccc(N2CCCCC2)c(C(=O)NC2CC2)c1. The molecule has 0 spiro atoms. The summed E-state index contributed by atoms with van der Waals surface area (Å²) in [6, 6.07) is 5.74. The highest BCUT2D eigenvalue weighted by molar-refractivity contribution is 6.02. The highest BCUT2D eigenvalue weighted by Crippen LogP contribution is 2.28. The van der Waals surface area contributed by atoms with E-state index in [1.165, 1.54) is 6.42 Å². The van der Waals surface area contributed by atoms with Crippen LogP contribution in [0.3, 0.4) is 0 Å². The van der Waals surface area contributed by atoms with Crippen LogP contribution in [0.25, 0.3) is 0 Å². The van der Waals surface area contributed by atoms with E-state index in [2.05, 4.69) is 15.5 Å². The van der Waals surface area contributed by atoms with Crippen molar-refractivity contribution in [2.24, 2.45) is 0 Å². The number of hydrogen-bond acceptors (Lipinski definition) is 5. The average molecular weight is 387 g/mol. The Hall–Kier alpha value is -2.57. The minimum atomic E-state index is -0.386. The lowest BCUT2D eigenvalue weighted by atomic mass is 10.1. The van der Waals surface area contributed by atoms with Gasteiger partial charge in [0.15, 0.2) is 0 Å². The van der Waals surface area contributed by atoms with Crippen molar-refractivity contribution in [1.29, 1.82) is 0 Å². The Morgan fingerprint density at radius 3 is 2.54 bits per heavy atom. The summed E-state index contributed by atoms with van der Waals surface area (Å²) in [4.78, 5) is 38.6. The molecule has 2 amide bonds. The largest absolute Gasteiger partial charge is 0.466 e. The van der Waals surface area contributed by atoms with Crippen LogP contribution in [-0.2, 0) is 14.3 Å². The van der Waals surface area contributed by atoms with Crippen LogP contribution >= 0.6 is 0 Å². The number of piperidine rings is 1. The summed E-state index contributed by atoms with van der Waals surface area (Å²) in [5.41, 5.74) is 2.08. The van der Waals surface area contributed by atoms with Crippen molar-refractivity contribution >= 4 is 29.2 Å². The molecule has 3 rings (SSSR count). The first-order chi connectivity index (χ1) is 13.6. The Bertz CT molecular complexity index is 724. The quantitative estimate of drug-likeness (QED) is 0.670. The maximum atomic E-state index is 12.8. The second-order valence-electron chi connectivity index (χ2n) is 7.38. The topological polar surface area (TPSA) is 87.7 Å². The standard InChI is InChI=1S/C21H29N3O4/c1-2-28-20(26)11-10-19(25)22-16-8-9-18(24-12-4-3-5-13-24)17(14-16)21(27)23-15-6-7-15/h8-9,14-15H,2-7,10-13H2,1H3,(H,22,25)(H,23,27). The number of benzene rings is 1. The molecule has 0 bridgehead atoms. The van der Waals surface area contributed by atoms with Gasteiger partial charge in [-0.2, -0.15) is 0 Å². The minimum absolute atomic E-state index is 0.0422. The molecule has 0 atom stereocenters. The number of esters is 1. The van der Waals surface area contributed by atoms with Gasteiger partial charge in [0.2, 0.25) is 5.91 Å². The predicted molar refractivity (Wildman–Crippen MR) is 107 cm³/mol. The zero-order chi connectivity index (χ0) is 19.9. The summed E-state index contributed by atoms with van der Waals surface area (Å²) in [7, 11) is 0. The number of nitrogens with one attached hydrogen (secondary N) is 2. The van der Waals surface area contributed by atoms with Crippen LogP contribution in [-0.4, -0.2) is 43.5 Å². The van der Waals surface area contributed by atoms with Crippen molar-refractivity contribution in [2.75, 3.05) is 29.9 Å². The first-order valence-corrected chi connectivity index (χ1v) is 10.2. The smallest absolute Gasteiger partial charge is 0.306 e. The average Bonchev–Trinajstić information content (AvgIpc) is 3.51. The molecule has 28 heavy (non-hydrogen) atoms. The van der Waals surface area contributed by atoms with E-state index in [4.69, 9.17) is 4.74 Å². The molecule has 1 aromatic rings. The van der Waals surface area contributed by atoms with Crippen LogP contribution in [0, 0.1) is 0 Å². The Kier molecular flexibility index (Phi) is 6.90. The van der Waals surface area contributed by atoms with Gasteiger partial charge in [-0.1, -0.05) is 0 Å². The van der Waals surface area contributed by atoms with Crippen LogP contribution < -0.4 is 15.5 Å². The van der Waals surface area contributed by atoms with Crippen molar-refractivity contribution in [3.63, 3.8) is 0 Å². The molecule has 1 aliphatic carbocycles. The second kappa shape index (κ2) is 9.57. The van der Waals surface area contributed by atoms with Crippen molar-refractivity contribution in [3.05, 3.63) is 23.8 Å². The molecule has 7 nitrogen and oxygen atoms in total. The van der Waals surface area contributed by atoms with Gasteiger partial charge in [-0.05, 0) is 57.2 Å². The van der Waals surface area contributed by atoms with E-state index in [1.807, 2.05) is 12.1 Å². The molecule has 1 saturated heterocycles. The summed E-state index contributed by atoms with van der Waals surface area (Å²) >= 11 is 0. The normalized spacial score (nSPS) is 16.4. The Morgan fingerprint density at radius 2 is 1.86 bits per heavy atom. The monoisotopic (exact) mass is 387 g/mol. The fourth-order valence-corrected chi connectivity index (χ4v) is 3.37. The fourth-order valence-electron chi connectivity index (χ4n) is 3.37. The number of amides is 2. The fraction of sp³-hybridized carbons (Fsp3) is 0.571. The molecule has 2 N–H and O–H groups in total. The lowest BCUT2D eigenvalue weighted by Gasteiger charge is -2.30. The van der Waals surface area contributed by atoms with Crippen molar-refractivity contribution < 1.29 is 19.1 Å². The van der Waals surface area contributed by atoms with E-state index in [9.17, 15) is 14.4 Å². The highest BCUT2D eigenvalue weighted by atomic mass is 16.5. The number of rotatable bonds is 8. The maximum absolute atomic E-state index is 12.8. The molecule has 1 heterocycles.